The van der Waals surface area contributed by atoms with Crippen molar-refractivity contribution >= 4 is 11.8 Å². The molecule has 1 N–H and O–H groups in total. The maximum atomic E-state index is 11.8. The minimum absolute atomic E-state index is 0.239. The third kappa shape index (κ3) is 3.63. The molecule has 0 radical (unpaired) electrons. The summed E-state index contributed by atoms with van der Waals surface area (Å²) in [7, 11) is 0. The summed E-state index contributed by atoms with van der Waals surface area (Å²) in [5.41, 5.74) is 5.07. The molecule has 4 nitrogen and oxygen atoms in total. The van der Waals surface area contributed by atoms with Crippen molar-refractivity contribution in [2.24, 2.45) is 0 Å². The van der Waals surface area contributed by atoms with Crippen LogP contribution in [0.4, 0.5) is 10.5 Å². The van der Waals surface area contributed by atoms with Gasteiger partial charge in [0.25, 0.3) is 0 Å². The highest BCUT2D eigenvalue weighted by Gasteiger charge is 2.25. The molecule has 0 heterocycles. The quantitative estimate of drug-likeness (QED) is 0.541. The van der Waals surface area contributed by atoms with Gasteiger partial charge in [0.05, 0.1) is 5.69 Å². The van der Waals surface area contributed by atoms with Crippen molar-refractivity contribution in [2.75, 3.05) is 5.32 Å². The molecule has 0 saturated heterocycles. The first-order valence-corrected chi connectivity index (χ1v) is 8.12. The topological polar surface area (TPSA) is 47.6 Å². The van der Waals surface area contributed by atoms with E-state index in [0.717, 1.165) is 33.7 Å². The number of benzene rings is 3. The van der Waals surface area contributed by atoms with Crippen molar-refractivity contribution in [3.63, 3.8) is 0 Å². The molecule has 0 atom stereocenters. The SMILES string of the molecule is O=C(Nc1c2cccc1-2)OCc1ccc(COc2ccccc2)cc1. The highest BCUT2D eigenvalue weighted by Crippen LogP contribution is 2.48. The summed E-state index contributed by atoms with van der Waals surface area (Å²) in [5, 5.41) is 2.75. The van der Waals surface area contributed by atoms with Crippen molar-refractivity contribution in [2.45, 2.75) is 13.2 Å². The Morgan fingerprint density at radius 3 is 2.08 bits per heavy atom. The zero-order valence-electron chi connectivity index (χ0n) is 13.6. The molecule has 0 saturated carbocycles. The molecule has 0 aliphatic heterocycles. The van der Waals surface area contributed by atoms with Gasteiger partial charge in [0.15, 0.2) is 0 Å². The summed E-state index contributed by atoms with van der Waals surface area (Å²) >= 11 is 0. The number of carbonyl (C=O) groups is 1. The van der Waals surface area contributed by atoms with Crippen LogP contribution in [0.15, 0.2) is 72.8 Å². The van der Waals surface area contributed by atoms with Crippen LogP contribution in [0, 0.1) is 0 Å². The van der Waals surface area contributed by atoms with Gasteiger partial charge in [-0.15, -0.1) is 0 Å². The molecule has 0 unspecified atom stereocenters. The van der Waals surface area contributed by atoms with Crippen LogP contribution < -0.4 is 10.1 Å². The summed E-state index contributed by atoms with van der Waals surface area (Å²) in [6, 6.07) is 23.4. The van der Waals surface area contributed by atoms with Crippen LogP contribution in [0.2, 0.25) is 0 Å². The molecule has 2 aromatic rings. The molecule has 25 heavy (non-hydrogen) atoms. The Kier molecular flexibility index (Phi) is 4.09. The van der Waals surface area contributed by atoms with Gasteiger partial charge in [-0.25, -0.2) is 4.79 Å². The number of rotatable bonds is 6. The number of ether oxygens (including phenoxy) is 2. The number of amides is 1. The van der Waals surface area contributed by atoms with Crippen LogP contribution in [0.25, 0.3) is 11.1 Å². The Hall–Kier alpha value is -3.27. The van der Waals surface area contributed by atoms with E-state index in [4.69, 9.17) is 9.47 Å². The van der Waals surface area contributed by atoms with E-state index in [1.165, 1.54) is 0 Å². The van der Waals surface area contributed by atoms with Gasteiger partial charge in [-0.2, -0.15) is 0 Å². The molecule has 1 amide bonds. The molecule has 0 aromatic heterocycles. The highest BCUT2D eigenvalue weighted by atomic mass is 16.5. The lowest BCUT2D eigenvalue weighted by atomic mass is 10.1. The number of nitrogens with one attached hydrogen (secondary N) is 1. The first kappa shape index (κ1) is 15.3. The maximum absolute atomic E-state index is 11.8. The van der Waals surface area contributed by atoms with Crippen molar-refractivity contribution in [1.82, 2.24) is 0 Å². The van der Waals surface area contributed by atoms with Gasteiger partial charge in [-0.1, -0.05) is 60.7 Å². The molecule has 0 spiro atoms. The van der Waals surface area contributed by atoms with Crippen molar-refractivity contribution in [1.29, 1.82) is 0 Å². The monoisotopic (exact) mass is 331 g/mol. The zero-order valence-corrected chi connectivity index (χ0v) is 13.6. The zero-order chi connectivity index (χ0) is 17.1. The Labute approximate surface area is 146 Å². The van der Waals surface area contributed by atoms with E-state index in [9.17, 15) is 4.79 Å². The summed E-state index contributed by atoms with van der Waals surface area (Å²) < 4.78 is 11.0. The Bertz CT molecular complexity index is 869. The summed E-state index contributed by atoms with van der Waals surface area (Å²) in [6.07, 6.45) is -0.428. The van der Waals surface area contributed by atoms with Gasteiger partial charge < -0.3 is 9.47 Å². The second-order valence-corrected chi connectivity index (χ2v) is 5.85. The van der Waals surface area contributed by atoms with Crippen LogP contribution in [0.1, 0.15) is 11.1 Å². The Morgan fingerprint density at radius 1 is 0.760 bits per heavy atom. The van der Waals surface area contributed by atoms with Crippen molar-refractivity contribution in [3.05, 3.63) is 83.9 Å². The van der Waals surface area contributed by atoms with E-state index < -0.39 is 6.09 Å². The standard InChI is InChI=1S/C21H17NO3/c23-21(22-20-18-7-4-8-19(18)20)25-14-16-11-9-15(10-12-16)13-24-17-5-2-1-3-6-17/h1-12H,13-14H2,(H,22,23). The maximum Gasteiger partial charge on any atom is 0.411 e. The van der Waals surface area contributed by atoms with Crippen molar-refractivity contribution < 1.29 is 14.3 Å². The van der Waals surface area contributed by atoms with E-state index >= 15 is 0 Å². The number of para-hydroxylation sites is 2. The summed E-state index contributed by atoms with van der Waals surface area (Å²) in [6.45, 7) is 0.744. The molecule has 124 valence electrons. The molecular formula is C21H17NO3. The number of fused-ring (bicyclic) bond motifs is 1. The van der Waals surface area contributed by atoms with E-state index in [-0.39, 0.29) is 6.61 Å². The van der Waals surface area contributed by atoms with Gasteiger partial charge in [-0.05, 0) is 23.3 Å². The predicted molar refractivity (Wildman–Crippen MR) is 96.5 cm³/mol. The molecule has 2 aromatic carbocycles. The lowest BCUT2D eigenvalue weighted by molar-refractivity contribution is 0.155. The van der Waals surface area contributed by atoms with Crippen molar-refractivity contribution in [3.8, 4) is 16.9 Å². The molecule has 2 aliphatic rings. The molecular weight excluding hydrogens is 314 g/mol. The minimum Gasteiger partial charge on any atom is -0.489 e. The van der Waals surface area contributed by atoms with Gasteiger partial charge in [0.1, 0.15) is 19.0 Å². The first-order valence-electron chi connectivity index (χ1n) is 8.12. The summed E-state index contributed by atoms with van der Waals surface area (Å²) in [4.78, 5) is 11.8. The Balaban J connectivity index is 1.24. The van der Waals surface area contributed by atoms with Gasteiger partial charge in [0, 0.05) is 11.1 Å². The van der Waals surface area contributed by atoms with Crippen LogP contribution in [0.3, 0.4) is 0 Å². The highest BCUT2D eigenvalue weighted by molar-refractivity contribution is 6.10. The van der Waals surface area contributed by atoms with Gasteiger partial charge in [0.2, 0.25) is 0 Å². The second-order valence-electron chi connectivity index (χ2n) is 5.85. The van der Waals surface area contributed by atoms with E-state index in [0.29, 0.717) is 6.61 Å². The third-order valence-electron chi connectivity index (χ3n) is 4.06. The molecule has 0 fully saturated rings. The fourth-order valence-corrected chi connectivity index (χ4v) is 2.64. The average Bonchev–Trinajstić information content (AvgIpc) is 3.06. The first-order chi connectivity index (χ1) is 12.3. The lowest BCUT2D eigenvalue weighted by Crippen LogP contribution is -2.11. The van der Waals surface area contributed by atoms with Gasteiger partial charge >= 0.3 is 6.09 Å². The minimum atomic E-state index is -0.428. The smallest absolute Gasteiger partial charge is 0.411 e. The molecule has 4 rings (SSSR count). The number of hydrogen-bond donors (Lipinski definition) is 1. The van der Waals surface area contributed by atoms with Gasteiger partial charge in [-0.3, -0.25) is 5.32 Å². The second kappa shape index (κ2) is 6.69. The van der Waals surface area contributed by atoms with Crippen LogP contribution in [-0.2, 0) is 18.0 Å². The fraction of sp³-hybridized carbons (Fsp3) is 0.0952. The van der Waals surface area contributed by atoms with E-state index in [2.05, 4.69) is 5.32 Å². The molecule has 4 heteroatoms. The average molecular weight is 331 g/mol. The number of carbonyl (C=O) groups excluding carboxylic acids is 1. The fourth-order valence-electron chi connectivity index (χ4n) is 2.64. The normalized spacial score (nSPS) is 10.9. The molecule has 0 bridgehead atoms. The summed E-state index contributed by atoms with van der Waals surface area (Å²) in [5.74, 6) is 0.844. The predicted octanol–water partition coefficient (Wildman–Crippen LogP) is 4.99. The number of anilines is 1. The van der Waals surface area contributed by atoms with Crippen LogP contribution >= 0.6 is 0 Å². The van der Waals surface area contributed by atoms with E-state index in [1.807, 2.05) is 72.8 Å². The third-order valence-corrected chi connectivity index (χ3v) is 4.06. The lowest BCUT2D eigenvalue weighted by Gasteiger charge is -2.08. The van der Waals surface area contributed by atoms with E-state index in [1.54, 1.807) is 0 Å². The largest absolute Gasteiger partial charge is 0.489 e. The Morgan fingerprint density at radius 2 is 1.40 bits per heavy atom. The van der Waals surface area contributed by atoms with Crippen LogP contribution in [-0.4, -0.2) is 6.09 Å². The van der Waals surface area contributed by atoms with Crippen LogP contribution in [0.5, 0.6) is 5.75 Å². The molecule has 2 aliphatic carbocycles. The number of hydrogen-bond acceptors (Lipinski definition) is 3.